The summed E-state index contributed by atoms with van der Waals surface area (Å²) in [6.07, 6.45) is 2.28. The minimum Gasteiger partial charge on any atom is -0.314 e. The van der Waals surface area contributed by atoms with E-state index >= 15 is 0 Å². The second-order valence-electron chi connectivity index (χ2n) is 3.34. The van der Waals surface area contributed by atoms with E-state index in [1.807, 2.05) is 0 Å². The standard InChI is InChI=1S/C8H13N3/c9-4-7-2-1-3-11(7)8-5-10-6-8/h7-8,10H,1-3,5-6H2/t7-/m1/s1. The first-order chi connectivity index (χ1) is 5.42. The molecule has 2 aliphatic heterocycles. The lowest BCUT2D eigenvalue weighted by Gasteiger charge is -2.37. The molecule has 3 nitrogen and oxygen atoms in total. The summed E-state index contributed by atoms with van der Waals surface area (Å²) in [5.41, 5.74) is 0. The maximum atomic E-state index is 8.79. The molecule has 2 heterocycles. The van der Waals surface area contributed by atoms with Crippen molar-refractivity contribution in [3.8, 4) is 6.07 Å². The molecule has 1 N–H and O–H groups in total. The molecular weight excluding hydrogens is 138 g/mol. The SMILES string of the molecule is N#C[C@H]1CCCN1C1CNC1. The molecule has 0 aromatic rings. The van der Waals surface area contributed by atoms with Crippen LogP contribution in [0.5, 0.6) is 0 Å². The lowest BCUT2D eigenvalue weighted by atomic mass is 10.1. The van der Waals surface area contributed by atoms with Crippen LogP contribution in [0.2, 0.25) is 0 Å². The maximum absolute atomic E-state index is 8.79. The monoisotopic (exact) mass is 151 g/mol. The topological polar surface area (TPSA) is 39.1 Å². The summed E-state index contributed by atoms with van der Waals surface area (Å²) in [6.45, 7) is 3.29. The van der Waals surface area contributed by atoms with Gasteiger partial charge in [-0.25, -0.2) is 0 Å². The zero-order valence-corrected chi connectivity index (χ0v) is 6.58. The summed E-state index contributed by atoms with van der Waals surface area (Å²) < 4.78 is 0. The Kier molecular flexibility index (Phi) is 1.80. The highest BCUT2D eigenvalue weighted by Gasteiger charge is 2.33. The van der Waals surface area contributed by atoms with Crippen molar-refractivity contribution in [1.82, 2.24) is 10.2 Å². The van der Waals surface area contributed by atoms with E-state index in [1.54, 1.807) is 0 Å². The molecule has 2 saturated heterocycles. The minimum atomic E-state index is 0.210. The molecule has 0 saturated carbocycles. The quantitative estimate of drug-likeness (QED) is 0.571. The van der Waals surface area contributed by atoms with E-state index in [4.69, 9.17) is 5.26 Å². The molecule has 0 amide bonds. The summed E-state index contributed by atoms with van der Waals surface area (Å²) in [5.74, 6) is 0. The van der Waals surface area contributed by atoms with Gasteiger partial charge in [0.15, 0.2) is 0 Å². The average Bonchev–Trinajstić information content (AvgIpc) is 2.32. The highest BCUT2D eigenvalue weighted by Crippen LogP contribution is 2.20. The Balaban J connectivity index is 1.96. The third-order valence-electron chi connectivity index (χ3n) is 2.67. The van der Waals surface area contributed by atoms with Crippen LogP contribution in [0.15, 0.2) is 0 Å². The molecule has 0 radical (unpaired) electrons. The fourth-order valence-corrected chi connectivity index (χ4v) is 1.87. The Morgan fingerprint density at radius 3 is 2.82 bits per heavy atom. The molecule has 3 heteroatoms. The van der Waals surface area contributed by atoms with Crippen molar-refractivity contribution < 1.29 is 0 Å². The summed E-state index contributed by atoms with van der Waals surface area (Å²) in [7, 11) is 0. The Morgan fingerprint density at radius 1 is 1.45 bits per heavy atom. The predicted octanol–water partition coefficient (Wildman–Crippen LogP) is -0.0538. The van der Waals surface area contributed by atoms with E-state index in [-0.39, 0.29) is 6.04 Å². The largest absolute Gasteiger partial charge is 0.314 e. The van der Waals surface area contributed by atoms with Crippen molar-refractivity contribution in [3.63, 3.8) is 0 Å². The molecule has 0 aromatic carbocycles. The van der Waals surface area contributed by atoms with E-state index < -0.39 is 0 Å². The highest BCUT2D eigenvalue weighted by atomic mass is 15.3. The van der Waals surface area contributed by atoms with Crippen molar-refractivity contribution in [2.45, 2.75) is 24.9 Å². The van der Waals surface area contributed by atoms with Crippen molar-refractivity contribution >= 4 is 0 Å². The third kappa shape index (κ3) is 1.13. The molecule has 1 atom stereocenters. The first-order valence-corrected chi connectivity index (χ1v) is 4.28. The number of hydrogen-bond donors (Lipinski definition) is 1. The molecule has 2 fully saturated rings. The van der Waals surface area contributed by atoms with Crippen molar-refractivity contribution in [1.29, 1.82) is 5.26 Å². The molecule has 60 valence electrons. The van der Waals surface area contributed by atoms with Crippen LogP contribution in [-0.4, -0.2) is 36.6 Å². The number of nitrogens with one attached hydrogen (secondary N) is 1. The number of nitrogens with zero attached hydrogens (tertiary/aromatic N) is 2. The molecule has 0 unspecified atom stereocenters. The molecule has 2 aliphatic rings. The summed E-state index contributed by atoms with van der Waals surface area (Å²) in [4.78, 5) is 2.34. The van der Waals surface area contributed by atoms with Crippen LogP contribution < -0.4 is 5.32 Å². The van der Waals surface area contributed by atoms with Gasteiger partial charge in [0, 0.05) is 19.1 Å². The zero-order valence-electron chi connectivity index (χ0n) is 6.58. The Labute approximate surface area is 67.0 Å². The van der Waals surface area contributed by atoms with Gasteiger partial charge in [0.1, 0.15) is 0 Å². The van der Waals surface area contributed by atoms with Crippen LogP contribution in [0.25, 0.3) is 0 Å². The summed E-state index contributed by atoms with van der Waals surface area (Å²) in [5, 5.41) is 12.0. The molecule has 0 aromatic heterocycles. The minimum absolute atomic E-state index is 0.210. The second-order valence-corrected chi connectivity index (χ2v) is 3.34. The maximum Gasteiger partial charge on any atom is 0.0981 e. The first-order valence-electron chi connectivity index (χ1n) is 4.28. The average molecular weight is 151 g/mol. The van der Waals surface area contributed by atoms with Crippen molar-refractivity contribution in [2.75, 3.05) is 19.6 Å². The van der Waals surface area contributed by atoms with Gasteiger partial charge in [0.2, 0.25) is 0 Å². The first kappa shape index (κ1) is 7.08. The Hall–Kier alpha value is -0.590. The van der Waals surface area contributed by atoms with Crippen molar-refractivity contribution in [3.05, 3.63) is 0 Å². The van der Waals surface area contributed by atoms with E-state index in [0.717, 1.165) is 26.1 Å². The fourth-order valence-electron chi connectivity index (χ4n) is 1.87. The van der Waals surface area contributed by atoms with Crippen LogP contribution >= 0.6 is 0 Å². The molecular formula is C8H13N3. The molecule has 0 bridgehead atoms. The van der Waals surface area contributed by atoms with Gasteiger partial charge < -0.3 is 5.32 Å². The highest BCUT2D eigenvalue weighted by molar-refractivity contribution is 5.01. The zero-order chi connectivity index (χ0) is 7.68. The van der Waals surface area contributed by atoms with Crippen LogP contribution in [-0.2, 0) is 0 Å². The van der Waals surface area contributed by atoms with Gasteiger partial charge >= 0.3 is 0 Å². The van der Waals surface area contributed by atoms with Crippen LogP contribution in [0, 0.1) is 11.3 Å². The fraction of sp³-hybridized carbons (Fsp3) is 0.875. The van der Waals surface area contributed by atoms with Gasteiger partial charge in [0.05, 0.1) is 12.1 Å². The molecule has 0 aliphatic carbocycles. The second kappa shape index (κ2) is 2.80. The lowest BCUT2D eigenvalue weighted by Crippen LogP contribution is -2.58. The van der Waals surface area contributed by atoms with Gasteiger partial charge in [-0.05, 0) is 19.4 Å². The molecule has 11 heavy (non-hydrogen) atoms. The van der Waals surface area contributed by atoms with Crippen molar-refractivity contribution in [2.24, 2.45) is 0 Å². The Morgan fingerprint density at radius 2 is 2.27 bits per heavy atom. The van der Waals surface area contributed by atoms with Crippen LogP contribution in [0.3, 0.4) is 0 Å². The summed E-state index contributed by atoms with van der Waals surface area (Å²) >= 11 is 0. The van der Waals surface area contributed by atoms with Gasteiger partial charge in [0.25, 0.3) is 0 Å². The van der Waals surface area contributed by atoms with Crippen LogP contribution in [0.4, 0.5) is 0 Å². The third-order valence-corrected chi connectivity index (χ3v) is 2.67. The van der Waals surface area contributed by atoms with Crippen LogP contribution in [0.1, 0.15) is 12.8 Å². The normalized spacial score (nSPS) is 33.2. The van der Waals surface area contributed by atoms with Gasteiger partial charge in [-0.2, -0.15) is 5.26 Å². The smallest absolute Gasteiger partial charge is 0.0981 e. The van der Waals surface area contributed by atoms with Gasteiger partial charge in [-0.1, -0.05) is 0 Å². The van der Waals surface area contributed by atoms with E-state index in [9.17, 15) is 0 Å². The predicted molar refractivity (Wildman–Crippen MR) is 42.0 cm³/mol. The Bertz CT molecular complexity index is 180. The van der Waals surface area contributed by atoms with Gasteiger partial charge in [-0.15, -0.1) is 0 Å². The van der Waals surface area contributed by atoms with E-state index in [0.29, 0.717) is 6.04 Å². The number of nitriles is 1. The van der Waals surface area contributed by atoms with E-state index in [1.165, 1.54) is 6.42 Å². The molecule has 0 spiro atoms. The number of hydrogen-bond acceptors (Lipinski definition) is 3. The number of likely N-dealkylation sites (tertiary alicyclic amines) is 1. The van der Waals surface area contributed by atoms with Gasteiger partial charge in [-0.3, -0.25) is 4.90 Å². The molecule has 2 rings (SSSR count). The number of rotatable bonds is 1. The lowest BCUT2D eigenvalue weighted by molar-refractivity contribution is 0.154. The van der Waals surface area contributed by atoms with E-state index in [2.05, 4.69) is 16.3 Å². The summed E-state index contributed by atoms with van der Waals surface area (Å²) in [6, 6.07) is 3.23.